The van der Waals surface area contributed by atoms with E-state index in [2.05, 4.69) is 26.2 Å². The maximum atomic E-state index is 14.2. The maximum Gasteiger partial charge on any atom is 0.150 e. The normalized spacial score (nSPS) is 11.9. The summed E-state index contributed by atoms with van der Waals surface area (Å²) < 4.78 is 28.3. The molecule has 0 saturated carbocycles. The first-order valence-corrected chi connectivity index (χ1v) is 6.71. The fourth-order valence-electron chi connectivity index (χ4n) is 1.88. The molecule has 0 amide bonds. The van der Waals surface area contributed by atoms with Crippen molar-refractivity contribution in [2.45, 2.75) is 26.2 Å². The zero-order chi connectivity index (χ0) is 14.4. The monoisotopic (exact) mass is 328 g/mol. The summed E-state index contributed by atoms with van der Waals surface area (Å²) in [5.41, 5.74) is 1.06. The van der Waals surface area contributed by atoms with Gasteiger partial charge in [-0.2, -0.15) is 0 Å². The number of nitrogens with one attached hydrogen (secondary N) is 1. The summed E-state index contributed by atoms with van der Waals surface area (Å²) in [6.07, 6.45) is 0. The number of rotatable bonds is 1. The molecule has 1 heterocycles. The lowest BCUT2D eigenvalue weighted by Crippen LogP contribution is -2.14. The molecule has 1 N–H and O–H groups in total. The highest BCUT2D eigenvalue weighted by molar-refractivity contribution is 9.10. The zero-order valence-electron chi connectivity index (χ0n) is 11.2. The molecule has 0 atom stereocenters. The zero-order valence-corrected chi connectivity index (χ0v) is 12.8. The van der Waals surface area contributed by atoms with Crippen molar-refractivity contribution in [2.24, 2.45) is 0 Å². The van der Waals surface area contributed by atoms with E-state index in [9.17, 15) is 8.78 Å². The summed E-state index contributed by atoms with van der Waals surface area (Å²) in [5, 5.41) is 3.08. The lowest BCUT2D eigenvalue weighted by molar-refractivity contribution is 0.567. The van der Waals surface area contributed by atoms with Gasteiger partial charge in [-0.3, -0.25) is 0 Å². The minimum Gasteiger partial charge on any atom is -0.387 e. The Balaban J connectivity index is 2.93. The minimum absolute atomic E-state index is 0.0532. The Morgan fingerprint density at radius 1 is 1.21 bits per heavy atom. The second kappa shape index (κ2) is 4.71. The Labute approximate surface area is 119 Å². The molecule has 0 aliphatic rings. The minimum atomic E-state index is -0.536. The second-order valence-electron chi connectivity index (χ2n) is 5.43. The van der Waals surface area contributed by atoms with Crippen molar-refractivity contribution >= 4 is 32.5 Å². The fraction of sp³-hybridized carbons (Fsp3) is 0.357. The number of aromatic nitrogens is 1. The maximum absolute atomic E-state index is 14.2. The summed E-state index contributed by atoms with van der Waals surface area (Å²) >= 11 is 3.02. The second-order valence-corrected chi connectivity index (χ2v) is 6.29. The Bertz CT molecular complexity index is 648. The van der Waals surface area contributed by atoms with E-state index < -0.39 is 11.6 Å². The SMILES string of the molecule is CNc1cc(C(C)(C)C)nc2c(F)cc(Br)c(F)c12. The van der Waals surface area contributed by atoms with Crippen molar-refractivity contribution in [3.63, 3.8) is 0 Å². The Kier molecular flexibility index (Phi) is 3.51. The number of halogens is 3. The van der Waals surface area contributed by atoms with Crippen molar-refractivity contribution in [3.8, 4) is 0 Å². The quantitative estimate of drug-likeness (QED) is 0.773. The van der Waals surface area contributed by atoms with Crippen LogP contribution in [0, 0.1) is 11.6 Å². The highest BCUT2D eigenvalue weighted by Crippen LogP contribution is 2.34. The Morgan fingerprint density at radius 2 is 1.84 bits per heavy atom. The number of benzene rings is 1. The number of hydrogen-bond acceptors (Lipinski definition) is 2. The van der Waals surface area contributed by atoms with Gasteiger partial charge in [0.25, 0.3) is 0 Å². The van der Waals surface area contributed by atoms with Crippen LogP contribution in [-0.4, -0.2) is 12.0 Å². The molecule has 0 radical (unpaired) electrons. The molecule has 2 aromatic rings. The Morgan fingerprint density at radius 3 is 2.37 bits per heavy atom. The molecule has 2 rings (SSSR count). The van der Waals surface area contributed by atoms with Gasteiger partial charge in [-0.25, -0.2) is 13.8 Å². The predicted octanol–water partition coefficient (Wildman–Crippen LogP) is 4.61. The summed E-state index contributed by atoms with van der Waals surface area (Å²) in [6.45, 7) is 5.94. The van der Waals surface area contributed by atoms with E-state index in [0.717, 1.165) is 6.07 Å². The van der Waals surface area contributed by atoms with Gasteiger partial charge < -0.3 is 5.32 Å². The van der Waals surface area contributed by atoms with Crippen molar-refractivity contribution in [2.75, 3.05) is 12.4 Å². The molecule has 1 aromatic heterocycles. The van der Waals surface area contributed by atoms with E-state index in [1.165, 1.54) is 0 Å². The third-order valence-corrected chi connectivity index (χ3v) is 3.54. The molecule has 2 nitrogen and oxygen atoms in total. The molecule has 0 saturated heterocycles. The van der Waals surface area contributed by atoms with Crippen LogP contribution in [0.3, 0.4) is 0 Å². The van der Waals surface area contributed by atoms with Crippen molar-refractivity contribution in [1.29, 1.82) is 0 Å². The van der Waals surface area contributed by atoms with Gasteiger partial charge in [0.1, 0.15) is 11.3 Å². The summed E-state index contributed by atoms with van der Waals surface area (Å²) in [6, 6.07) is 2.87. The van der Waals surface area contributed by atoms with E-state index in [-0.39, 0.29) is 20.8 Å². The Hall–Kier alpha value is -1.23. The van der Waals surface area contributed by atoms with E-state index in [1.807, 2.05) is 20.8 Å². The summed E-state index contributed by atoms with van der Waals surface area (Å²) in [7, 11) is 1.68. The number of fused-ring (bicyclic) bond motifs is 1. The first-order valence-electron chi connectivity index (χ1n) is 5.92. The topological polar surface area (TPSA) is 24.9 Å². The molecule has 0 aliphatic heterocycles. The van der Waals surface area contributed by atoms with Crippen LogP contribution in [0.1, 0.15) is 26.5 Å². The average molecular weight is 329 g/mol. The van der Waals surface area contributed by atoms with Gasteiger partial charge in [-0.1, -0.05) is 20.8 Å². The van der Waals surface area contributed by atoms with Crippen LogP contribution in [0.15, 0.2) is 16.6 Å². The third kappa shape index (κ3) is 2.43. The molecule has 0 unspecified atom stereocenters. The van der Waals surface area contributed by atoms with Gasteiger partial charge in [-0.05, 0) is 28.1 Å². The van der Waals surface area contributed by atoms with Crippen LogP contribution < -0.4 is 5.32 Å². The molecule has 0 bridgehead atoms. The first-order chi connectivity index (χ1) is 8.75. The van der Waals surface area contributed by atoms with Gasteiger partial charge >= 0.3 is 0 Å². The standard InChI is InChI=1S/C14H15BrF2N2/c1-14(2,3)10-6-9(18-4)11-12(17)7(15)5-8(16)13(11)19-10/h5-6H,1-4H3,(H,18,19). The molecule has 0 aliphatic carbocycles. The lowest BCUT2D eigenvalue weighted by atomic mass is 9.90. The van der Waals surface area contributed by atoms with Crippen LogP contribution >= 0.6 is 15.9 Å². The van der Waals surface area contributed by atoms with Crippen molar-refractivity contribution < 1.29 is 8.78 Å². The van der Waals surface area contributed by atoms with E-state index >= 15 is 0 Å². The number of hydrogen-bond donors (Lipinski definition) is 1. The average Bonchev–Trinajstić information content (AvgIpc) is 2.33. The molecule has 5 heteroatoms. The van der Waals surface area contributed by atoms with Gasteiger partial charge in [-0.15, -0.1) is 0 Å². The van der Waals surface area contributed by atoms with Crippen LogP contribution in [0.25, 0.3) is 10.9 Å². The third-order valence-electron chi connectivity index (χ3n) is 2.97. The molecule has 19 heavy (non-hydrogen) atoms. The van der Waals surface area contributed by atoms with Gasteiger partial charge in [0.2, 0.25) is 0 Å². The largest absolute Gasteiger partial charge is 0.387 e. The fourth-order valence-corrected chi connectivity index (χ4v) is 2.28. The predicted molar refractivity (Wildman–Crippen MR) is 77.6 cm³/mol. The molecule has 102 valence electrons. The van der Waals surface area contributed by atoms with E-state index in [1.54, 1.807) is 13.1 Å². The highest BCUT2D eigenvalue weighted by atomic mass is 79.9. The molecule has 1 aromatic carbocycles. The summed E-state index contributed by atoms with van der Waals surface area (Å²) in [5.74, 6) is -1.04. The number of nitrogens with zero attached hydrogens (tertiary/aromatic N) is 1. The van der Waals surface area contributed by atoms with Gasteiger partial charge in [0.05, 0.1) is 9.86 Å². The first kappa shape index (κ1) is 14.2. The van der Waals surface area contributed by atoms with Gasteiger partial charge in [0, 0.05) is 23.8 Å². The van der Waals surface area contributed by atoms with Crippen molar-refractivity contribution in [3.05, 3.63) is 33.9 Å². The van der Waals surface area contributed by atoms with Crippen LogP contribution in [0.5, 0.6) is 0 Å². The van der Waals surface area contributed by atoms with Crippen LogP contribution in [0.4, 0.5) is 14.5 Å². The molecular weight excluding hydrogens is 314 g/mol. The smallest absolute Gasteiger partial charge is 0.150 e. The van der Waals surface area contributed by atoms with Crippen molar-refractivity contribution in [1.82, 2.24) is 4.98 Å². The molecule has 0 spiro atoms. The summed E-state index contributed by atoms with van der Waals surface area (Å²) in [4.78, 5) is 4.28. The van der Waals surface area contributed by atoms with Gasteiger partial charge in [0.15, 0.2) is 5.82 Å². The number of pyridine rings is 1. The lowest BCUT2D eigenvalue weighted by Gasteiger charge is -2.20. The van der Waals surface area contributed by atoms with Crippen LogP contribution in [-0.2, 0) is 5.41 Å². The molecular formula is C14H15BrF2N2. The number of anilines is 1. The van der Waals surface area contributed by atoms with Crippen LogP contribution in [0.2, 0.25) is 0 Å². The highest BCUT2D eigenvalue weighted by Gasteiger charge is 2.21. The molecule has 0 fully saturated rings. The van der Waals surface area contributed by atoms with E-state index in [0.29, 0.717) is 11.4 Å². The van der Waals surface area contributed by atoms with E-state index in [4.69, 9.17) is 0 Å².